The van der Waals surface area contributed by atoms with Gasteiger partial charge < -0.3 is 5.73 Å². The third-order valence-electron chi connectivity index (χ3n) is 4.99. The number of nitrogens with one attached hydrogen (secondary N) is 1. The van der Waals surface area contributed by atoms with Crippen LogP contribution in [0.1, 0.15) is 30.5 Å². The van der Waals surface area contributed by atoms with Crippen LogP contribution in [-0.4, -0.2) is 31.0 Å². The molecule has 0 aliphatic carbocycles. The summed E-state index contributed by atoms with van der Waals surface area (Å²) < 4.78 is 41.8. The fraction of sp³-hybridized carbons (Fsp3) is 0.286. The number of halogens is 3. The number of aromatic amines is 1. The van der Waals surface area contributed by atoms with Crippen molar-refractivity contribution in [3.05, 3.63) is 59.5 Å². The predicted octanol–water partition coefficient (Wildman–Crippen LogP) is 4.39. The molecule has 0 aliphatic rings. The third kappa shape index (κ3) is 3.80. The Balaban J connectivity index is 1.85. The van der Waals surface area contributed by atoms with Crippen LogP contribution < -0.4 is 5.73 Å². The van der Waals surface area contributed by atoms with Gasteiger partial charge in [-0.3, -0.25) is 5.10 Å². The van der Waals surface area contributed by atoms with Gasteiger partial charge in [-0.25, -0.2) is 9.50 Å². The molecule has 156 valence electrons. The number of nitrogens with two attached hydrogens (primary N) is 1. The van der Waals surface area contributed by atoms with E-state index in [4.69, 9.17) is 5.73 Å². The lowest BCUT2D eigenvalue weighted by Gasteiger charge is -2.19. The number of alkyl halides is 3. The highest BCUT2D eigenvalue weighted by molar-refractivity contribution is 5.75. The van der Waals surface area contributed by atoms with Gasteiger partial charge in [0.25, 0.3) is 0 Å². The Hall–Kier alpha value is -3.20. The molecule has 0 saturated carbocycles. The average Bonchev–Trinajstić information content (AvgIpc) is 3.27. The molecule has 0 unspecified atom stereocenters. The summed E-state index contributed by atoms with van der Waals surface area (Å²) in [5, 5.41) is 11.1. The topological polar surface area (TPSA) is 84.9 Å². The molecule has 9 heteroatoms. The van der Waals surface area contributed by atoms with E-state index in [9.17, 15) is 13.2 Å². The van der Waals surface area contributed by atoms with Crippen LogP contribution in [0.15, 0.2) is 42.9 Å². The van der Waals surface area contributed by atoms with Gasteiger partial charge in [0.15, 0.2) is 5.65 Å². The van der Waals surface area contributed by atoms with E-state index in [0.717, 1.165) is 11.1 Å². The van der Waals surface area contributed by atoms with Gasteiger partial charge in [0.2, 0.25) is 0 Å². The van der Waals surface area contributed by atoms with E-state index in [-0.39, 0.29) is 11.3 Å². The second kappa shape index (κ2) is 6.94. The van der Waals surface area contributed by atoms with Crippen LogP contribution >= 0.6 is 0 Å². The van der Waals surface area contributed by atoms with Gasteiger partial charge in [0.1, 0.15) is 6.33 Å². The standard InChI is InChI=1S/C21H21F3N6/c1-12-8-14(10-30-19(12)26-11-27-30)18-16(9-21(22,23)24)17(28-29-18)13-4-6-15(7-5-13)20(2,3)25/h4-8,10-11H,9,25H2,1-3H3,(H,28,29). The number of fused-ring (bicyclic) bond motifs is 1. The molecule has 0 aliphatic heterocycles. The Bertz CT molecular complexity index is 1200. The maximum Gasteiger partial charge on any atom is 0.393 e. The molecule has 1 aromatic carbocycles. The van der Waals surface area contributed by atoms with Crippen LogP contribution in [0, 0.1) is 6.92 Å². The number of aromatic nitrogens is 5. The van der Waals surface area contributed by atoms with Gasteiger partial charge in [0.05, 0.1) is 17.8 Å². The van der Waals surface area contributed by atoms with Crippen molar-refractivity contribution < 1.29 is 13.2 Å². The quantitative estimate of drug-likeness (QED) is 0.519. The van der Waals surface area contributed by atoms with Gasteiger partial charge in [0, 0.05) is 28.4 Å². The number of aryl methyl sites for hydroxylation is 1. The van der Waals surface area contributed by atoms with Crippen molar-refractivity contribution in [1.82, 2.24) is 24.8 Å². The first kappa shape index (κ1) is 20.1. The van der Waals surface area contributed by atoms with E-state index in [1.165, 1.54) is 6.33 Å². The molecule has 4 rings (SSSR count). The van der Waals surface area contributed by atoms with Crippen LogP contribution in [0.2, 0.25) is 0 Å². The van der Waals surface area contributed by atoms with Crippen molar-refractivity contribution in [3.8, 4) is 22.5 Å². The average molecular weight is 414 g/mol. The highest BCUT2D eigenvalue weighted by atomic mass is 19.4. The maximum atomic E-state index is 13.4. The van der Waals surface area contributed by atoms with Crippen molar-refractivity contribution in [1.29, 1.82) is 0 Å². The minimum atomic E-state index is -4.39. The number of benzene rings is 1. The molecule has 0 amide bonds. The van der Waals surface area contributed by atoms with Crippen molar-refractivity contribution in [2.75, 3.05) is 0 Å². The van der Waals surface area contributed by atoms with Gasteiger partial charge in [-0.2, -0.15) is 23.4 Å². The van der Waals surface area contributed by atoms with Crippen molar-refractivity contribution >= 4 is 5.65 Å². The van der Waals surface area contributed by atoms with Crippen LogP contribution in [0.3, 0.4) is 0 Å². The number of H-pyrrole nitrogens is 1. The first-order chi connectivity index (χ1) is 14.0. The fourth-order valence-corrected chi connectivity index (χ4v) is 3.50. The second-order valence-corrected chi connectivity index (χ2v) is 7.96. The molecule has 3 aromatic heterocycles. The molecule has 30 heavy (non-hydrogen) atoms. The SMILES string of the molecule is Cc1cc(-c2[nH]nc(-c3ccc(C(C)(C)N)cc3)c2CC(F)(F)F)cn2ncnc12. The first-order valence-corrected chi connectivity index (χ1v) is 9.37. The summed E-state index contributed by atoms with van der Waals surface area (Å²) in [5.41, 5.74) is 9.69. The second-order valence-electron chi connectivity index (χ2n) is 7.96. The zero-order chi connectivity index (χ0) is 21.7. The van der Waals surface area contributed by atoms with Crippen LogP contribution in [0.25, 0.3) is 28.2 Å². The third-order valence-corrected chi connectivity index (χ3v) is 4.99. The fourth-order valence-electron chi connectivity index (χ4n) is 3.50. The van der Waals surface area contributed by atoms with Crippen LogP contribution in [-0.2, 0) is 12.0 Å². The first-order valence-electron chi connectivity index (χ1n) is 9.37. The lowest BCUT2D eigenvalue weighted by atomic mass is 9.93. The number of rotatable bonds is 4. The van der Waals surface area contributed by atoms with Crippen molar-refractivity contribution in [3.63, 3.8) is 0 Å². The molecule has 0 fully saturated rings. The van der Waals surface area contributed by atoms with Crippen molar-refractivity contribution in [2.24, 2.45) is 5.73 Å². The molecule has 0 saturated heterocycles. The summed E-state index contributed by atoms with van der Waals surface area (Å²) in [5.74, 6) is 0. The van der Waals surface area contributed by atoms with E-state index in [2.05, 4.69) is 20.3 Å². The number of hydrogen-bond donors (Lipinski definition) is 2. The Morgan fingerprint density at radius 2 is 1.80 bits per heavy atom. The van der Waals surface area contributed by atoms with Crippen LogP contribution in [0.5, 0.6) is 0 Å². The van der Waals surface area contributed by atoms with E-state index in [1.54, 1.807) is 28.9 Å². The molecule has 6 nitrogen and oxygen atoms in total. The Labute approximate surface area is 170 Å². The van der Waals surface area contributed by atoms with Gasteiger partial charge in [-0.15, -0.1) is 0 Å². The minimum Gasteiger partial charge on any atom is -0.322 e. The Morgan fingerprint density at radius 1 is 1.10 bits per heavy atom. The maximum absolute atomic E-state index is 13.4. The van der Waals surface area contributed by atoms with Crippen molar-refractivity contribution in [2.45, 2.75) is 38.9 Å². The van der Waals surface area contributed by atoms with Gasteiger partial charge >= 0.3 is 6.18 Å². The monoisotopic (exact) mass is 414 g/mol. The lowest BCUT2D eigenvalue weighted by molar-refractivity contribution is -0.127. The summed E-state index contributed by atoms with van der Waals surface area (Å²) in [6.45, 7) is 5.57. The van der Waals surface area contributed by atoms with Gasteiger partial charge in [-0.1, -0.05) is 24.3 Å². The number of nitrogens with zero attached hydrogens (tertiary/aromatic N) is 4. The number of hydrogen-bond acceptors (Lipinski definition) is 4. The number of pyridine rings is 1. The van der Waals surface area contributed by atoms with E-state index in [0.29, 0.717) is 22.5 Å². The zero-order valence-electron chi connectivity index (χ0n) is 16.7. The molecule has 3 heterocycles. The van der Waals surface area contributed by atoms with E-state index < -0.39 is 18.1 Å². The molecule has 4 aromatic rings. The van der Waals surface area contributed by atoms with E-state index in [1.807, 2.05) is 32.9 Å². The summed E-state index contributed by atoms with van der Waals surface area (Å²) in [6, 6.07) is 8.89. The molecular formula is C21H21F3N6. The van der Waals surface area contributed by atoms with Gasteiger partial charge in [-0.05, 0) is 38.0 Å². The molecule has 0 atom stereocenters. The predicted molar refractivity (Wildman–Crippen MR) is 108 cm³/mol. The largest absolute Gasteiger partial charge is 0.393 e. The lowest BCUT2D eigenvalue weighted by Crippen LogP contribution is -2.28. The molecular weight excluding hydrogens is 393 g/mol. The smallest absolute Gasteiger partial charge is 0.322 e. The van der Waals surface area contributed by atoms with E-state index >= 15 is 0 Å². The molecule has 0 radical (unpaired) electrons. The summed E-state index contributed by atoms with van der Waals surface area (Å²) in [6.07, 6.45) is -2.44. The Kier molecular flexibility index (Phi) is 4.65. The summed E-state index contributed by atoms with van der Waals surface area (Å²) in [7, 11) is 0. The minimum absolute atomic E-state index is 0.0844. The molecule has 0 spiro atoms. The van der Waals surface area contributed by atoms with Crippen LogP contribution in [0.4, 0.5) is 13.2 Å². The molecule has 0 bridgehead atoms. The summed E-state index contributed by atoms with van der Waals surface area (Å²) >= 11 is 0. The molecule has 3 N–H and O–H groups in total. The Morgan fingerprint density at radius 3 is 2.43 bits per heavy atom. The summed E-state index contributed by atoms with van der Waals surface area (Å²) in [4.78, 5) is 4.15. The highest BCUT2D eigenvalue weighted by Gasteiger charge is 2.32. The zero-order valence-corrected chi connectivity index (χ0v) is 16.7. The highest BCUT2D eigenvalue weighted by Crippen LogP contribution is 2.36. The normalized spacial score (nSPS) is 12.6.